The fourth-order valence-corrected chi connectivity index (χ4v) is 7.87. The van der Waals surface area contributed by atoms with Crippen LogP contribution in [0.4, 0.5) is 0 Å². The van der Waals surface area contributed by atoms with E-state index in [9.17, 15) is 0 Å². The Balaban J connectivity index is 2.50. The van der Waals surface area contributed by atoms with E-state index >= 15 is 0 Å². The summed E-state index contributed by atoms with van der Waals surface area (Å²) in [6.07, 6.45) is 0. The molecule has 0 N–H and O–H groups in total. The monoisotopic (exact) mass is 260 g/mol. The van der Waals surface area contributed by atoms with E-state index in [-0.39, 0.29) is 0 Å². The first-order valence-electron chi connectivity index (χ1n) is 5.33. The molecule has 0 aromatic heterocycles. The molecule has 2 rings (SSSR count). The van der Waals surface area contributed by atoms with Gasteiger partial charge >= 0.3 is 96.9 Å². The molecule has 15 heavy (non-hydrogen) atoms. The van der Waals surface area contributed by atoms with Gasteiger partial charge in [0.15, 0.2) is 0 Å². The molecule has 0 nitrogen and oxygen atoms in total. The van der Waals surface area contributed by atoms with Gasteiger partial charge in [-0.1, -0.05) is 0 Å². The molecule has 1 heterocycles. The zero-order valence-electron chi connectivity index (χ0n) is 9.83. The third-order valence-electron chi connectivity index (χ3n) is 3.33. The van der Waals surface area contributed by atoms with Gasteiger partial charge in [0.25, 0.3) is 0 Å². The van der Waals surface area contributed by atoms with Crippen LogP contribution in [0.5, 0.6) is 0 Å². The SMILES string of the molecule is CC1=C(C)[As](c2ccccc2)C(C)=C1C. The summed E-state index contributed by atoms with van der Waals surface area (Å²) in [4.78, 5) is 0. The Bertz CT molecular complexity index is 414. The first-order valence-corrected chi connectivity index (χ1v) is 8.15. The van der Waals surface area contributed by atoms with Crippen molar-refractivity contribution in [3.63, 3.8) is 0 Å². The molecule has 0 saturated heterocycles. The molecule has 1 aromatic carbocycles. The van der Waals surface area contributed by atoms with E-state index in [1.807, 2.05) is 0 Å². The van der Waals surface area contributed by atoms with Crippen molar-refractivity contribution in [2.75, 3.05) is 0 Å². The predicted octanol–water partition coefficient (Wildman–Crippen LogP) is 3.15. The number of benzene rings is 1. The number of hydrogen-bond acceptors (Lipinski definition) is 0. The Hall–Kier alpha value is -0.742. The summed E-state index contributed by atoms with van der Waals surface area (Å²) >= 11 is -1.06. The normalized spacial score (nSPS) is 17.9. The molecule has 1 heteroatoms. The van der Waals surface area contributed by atoms with Crippen molar-refractivity contribution in [3.8, 4) is 0 Å². The molecule has 78 valence electrons. The van der Waals surface area contributed by atoms with Crippen LogP contribution in [0.15, 0.2) is 50.2 Å². The fourth-order valence-electron chi connectivity index (χ4n) is 2.09. The van der Waals surface area contributed by atoms with Crippen molar-refractivity contribution >= 4 is 19.0 Å². The number of allylic oxidation sites excluding steroid dienone is 4. The summed E-state index contributed by atoms with van der Waals surface area (Å²) in [6, 6.07) is 11.0. The van der Waals surface area contributed by atoms with E-state index in [1.165, 1.54) is 11.1 Å². The van der Waals surface area contributed by atoms with Gasteiger partial charge in [0, 0.05) is 0 Å². The second kappa shape index (κ2) is 4.02. The molecule has 0 amide bonds. The van der Waals surface area contributed by atoms with Crippen LogP contribution in [0, 0.1) is 0 Å². The minimum atomic E-state index is -1.06. The summed E-state index contributed by atoms with van der Waals surface area (Å²) in [5.74, 6) is 0. The van der Waals surface area contributed by atoms with Gasteiger partial charge < -0.3 is 0 Å². The standard InChI is InChI=1S/C14H17As/c1-10-11(2)13(4)15(12(10)3)14-8-6-5-7-9-14/h5-9H,1-4H3. The van der Waals surface area contributed by atoms with Gasteiger partial charge in [-0.15, -0.1) is 0 Å². The quantitative estimate of drug-likeness (QED) is 0.680. The Morgan fingerprint density at radius 3 is 1.67 bits per heavy atom. The average Bonchev–Trinajstić information content (AvgIpc) is 2.45. The zero-order chi connectivity index (χ0) is 11.0. The topological polar surface area (TPSA) is 0 Å². The molecule has 1 aromatic rings. The van der Waals surface area contributed by atoms with Gasteiger partial charge in [-0.05, 0) is 0 Å². The zero-order valence-corrected chi connectivity index (χ0v) is 11.7. The van der Waals surface area contributed by atoms with Gasteiger partial charge in [-0.25, -0.2) is 0 Å². The molecule has 0 bridgehead atoms. The summed E-state index contributed by atoms with van der Waals surface area (Å²) < 4.78 is 4.88. The summed E-state index contributed by atoms with van der Waals surface area (Å²) in [7, 11) is 0. The first kappa shape index (κ1) is 10.8. The van der Waals surface area contributed by atoms with E-state index < -0.39 is 14.7 Å². The fraction of sp³-hybridized carbons (Fsp3) is 0.286. The summed E-state index contributed by atoms with van der Waals surface area (Å²) in [5, 5.41) is 0. The van der Waals surface area contributed by atoms with Gasteiger partial charge in [0.05, 0.1) is 0 Å². The summed E-state index contributed by atoms with van der Waals surface area (Å²) in [5.41, 5.74) is 3.08. The predicted molar refractivity (Wildman–Crippen MR) is 68.6 cm³/mol. The number of rotatable bonds is 1. The molecule has 0 saturated carbocycles. The van der Waals surface area contributed by atoms with Gasteiger partial charge in [-0.3, -0.25) is 0 Å². The van der Waals surface area contributed by atoms with Crippen LogP contribution >= 0.6 is 0 Å². The summed E-state index contributed by atoms with van der Waals surface area (Å²) in [6.45, 7) is 9.18. The molecule has 0 unspecified atom stereocenters. The molecular formula is C14H17As. The Kier molecular flexibility index (Phi) is 2.89. The first-order chi connectivity index (χ1) is 7.13. The van der Waals surface area contributed by atoms with E-state index in [2.05, 4.69) is 58.0 Å². The van der Waals surface area contributed by atoms with Gasteiger partial charge in [0.1, 0.15) is 0 Å². The van der Waals surface area contributed by atoms with E-state index in [1.54, 1.807) is 13.1 Å². The van der Waals surface area contributed by atoms with Crippen LogP contribution < -0.4 is 4.35 Å². The molecule has 1 aliphatic rings. The third kappa shape index (κ3) is 1.72. The third-order valence-corrected chi connectivity index (χ3v) is 9.26. The Labute approximate surface area is 97.0 Å². The maximum absolute atomic E-state index is 2.32. The van der Waals surface area contributed by atoms with Gasteiger partial charge in [-0.2, -0.15) is 0 Å². The maximum atomic E-state index is 2.32. The van der Waals surface area contributed by atoms with Crippen molar-refractivity contribution in [2.24, 2.45) is 0 Å². The van der Waals surface area contributed by atoms with Crippen molar-refractivity contribution in [2.45, 2.75) is 27.7 Å². The van der Waals surface area contributed by atoms with E-state index in [4.69, 9.17) is 0 Å². The Morgan fingerprint density at radius 1 is 0.733 bits per heavy atom. The molecule has 0 spiro atoms. The molecule has 0 atom stereocenters. The van der Waals surface area contributed by atoms with Crippen molar-refractivity contribution in [3.05, 3.63) is 50.2 Å². The van der Waals surface area contributed by atoms with Crippen LogP contribution in [0.25, 0.3) is 0 Å². The van der Waals surface area contributed by atoms with E-state index in [0.717, 1.165) is 0 Å². The molecule has 0 aliphatic carbocycles. The molecule has 0 radical (unpaired) electrons. The molecule has 0 fully saturated rings. The van der Waals surface area contributed by atoms with Crippen LogP contribution in [0.3, 0.4) is 0 Å². The van der Waals surface area contributed by atoms with Crippen molar-refractivity contribution in [1.29, 1.82) is 0 Å². The van der Waals surface area contributed by atoms with Crippen LogP contribution in [0.1, 0.15) is 27.7 Å². The molecular weight excluding hydrogens is 243 g/mol. The Morgan fingerprint density at radius 2 is 1.20 bits per heavy atom. The van der Waals surface area contributed by atoms with Gasteiger partial charge in [0.2, 0.25) is 0 Å². The van der Waals surface area contributed by atoms with E-state index in [0.29, 0.717) is 0 Å². The number of hydrogen-bond donors (Lipinski definition) is 0. The van der Waals surface area contributed by atoms with Crippen LogP contribution in [-0.2, 0) is 0 Å². The van der Waals surface area contributed by atoms with Crippen LogP contribution in [0.2, 0.25) is 0 Å². The second-order valence-corrected chi connectivity index (χ2v) is 9.40. The van der Waals surface area contributed by atoms with Crippen molar-refractivity contribution < 1.29 is 0 Å². The second-order valence-electron chi connectivity index (χ2n) is 4.09. The van der Waals surface area contributed by atoms with Crippen LogP contribution in [-0.4, -0.2) is 14.7 Å². The van der Waals surface area contributed by atoms with Crippen molar-refractivity contribution in [1.82, 2.24) is 0 Å². The minimum absolute atomic E-state index is 1.06. The average molecular weight is 260 g/mol. The molecule has 1 aliphatic heterocycles.